The van der Waals surface area contributed by atoms with Crippen molar-refractivity contribution < 1.29 is 17.0 Å². The van der Waals surface area contributed by atoms with Crippen LogP contribution in [0.25, 0.3) is 0 Å². The molecule has 0 aromatic carbocycles. The van der Waals surface area contributed by atoms with Gasteiger partial charge in [-0.05, 0) is 6.42 Å². The zero-order valence-corrected chi connectivity index (χ0v) is 10.5. The van der Waals surface area contributed by atoms with Gasteiger partial charge in [-0.2, -0.15) is 4.57 Å². The van der Waals surface area contributed by atoms with Crippen LogP contribution in [0.15, 0.2) is 17.1 Å². The van der Waals surface area contributed by atoms with Crippen molar-refractivity contribution in [2.24, 2.45) is 0 Å². The SMILES string of the molecule is CCCCCCCC[n+]1ccsc1.[Cl-]. The summed E-state index contributed by atoms with van der Waals surface area (Å²) in [4.78, 5) is 0. The summed E-state index contributed by atoms with van der Waals surface area (Å²) in [5, 5.41) is 2.14. The molecule has 82 valence electrons. The van der Waals surface area contributed by atoms with Gasteiger partial charge < -0.3 is 12.4 Å². The molecule has 0 aliphatic rings. The number of unbranched alkanes of at least 4 members (excludes halogenated alkanes) is 5. The summed E-state index contributed by atoms with van der Waals surface area (Å²) in [5.41, 5.74) is 2.19. The Hall–Kier alpha value is -0.0800. The molecule has 0 unspecified atom stereocenters. The van der Waals surface area contributed by atoms with Crippen LogP contribution in [0, 0.1) is 0 Å². The molecular weight excluding hydrogens is 214 g/mol. The Bertz CT molecular complexity index is 199. The molecule has 0 atom stereocenters. The molecule has 1 aromatic heterocycles. The summed E-state index contributed by atoms with van der Waals surface area (Å²) in [5.74, 6) is 0. The second kappa shape index (κ2) is 9.47. The summed E-state index contributed by atoms with van der Waals surface area (Å²) in [6, 6.07) is 0. The Balaban J connectivity index is 0.00000169. The van der Waals surface area contributed by atoms with Crippen molar-refractivity contribution in [3.63, 3.8) is 0 Å². The lowest BCUT2D eigenvalue weighted by Gasteiger charge is -1.96. The lowest BCUT2D eigenvalue weighted by molar-refractivity contribution is -0.692. The van der Waals surface area contributed by atoms with Crippen molar-refractivity contribution in [3.8, 4) is 0 Å². The number of thiazole rings is 1. The first kappa shape index (κ1) is 13.9. The van der Waals surface area contributed by atoms with Gasteiger partial charge in [0.25, 0.3) is 0 Å². The van der Waals surface area contributed by atoms with Crippen LogP contribution in [-0.2, 0) is 6.54 Å². The fraction of sp³-hybridized carbons (Fsp3) is 0.727. The van der Waals surface area contributed by atoms with Gasteiger partial charge in [0.2, 0.25) is 5.51 Å². The first-order chi connectivity index (χ1) is 6.43. The zero-order chi connectivity index (χ0) is 9.36. The average molecular weight is 234 g/mol. The number of hydrogen-bond acceptors (Lipinski definition) is 1. The van der Waals surface area contributed by atoms with E-state index >= 15 is 0 Å². The summed E-state index contributed by atoms with van der Waals surface area (Å²) in [6.45, 7) is 3.47. The van der Waals surface area contributed by atoms with Gasteiger partial charge in [-0.3, -0.25) is 0 Å². The zero-order valence-electron chi connectivity index (χ0n) is 8.92. The third-order valence-corrected chi connectivity index (χ3v) is 2.97. The van der Waals surface area contributed by atoms with E-state index in [0.717, 1.165) is 0 Å². The van der Waals surface area contributed by atoms with Gasteiger partial charge in [0.1, 0.15) is 6.54 Å². The van der Waals surface area contributed by atoms with Gasteiger partial charge in [-0.15, -0.1) is 0 Å². The maximum atomic E-state index is 2.28. The van der Waals surface area contributed by atoms with Crippen LogP contribution in [0.3, 0.4) is 0 Å². The minimum Gasteiger partial charge on any atom is -1.00 e. The third kappa shape index (κ3) is 6.39. The standard InChI is InChI=1S/C11H20NS.ClH/c1-2-3-4-5-6-7-8-12-9-10-13-11-12;/h9-11H,2-8H2,1H3;1H/q+1;/p-1. The van der Waals surface area contributed by atoms with E-state index in [4.69, 9.17) is 0 Å². The predicted molar refractivity (Wildman–Crippen MR) is 57.9 cm³/mol. The van der Waals surface area contributed by atoms with Crippen molar-refractivity contribution in [3.05, 3.63) is 17.1 Å². The third-order valence-electron chi connectivity index (χ3n) is 2.30. The van der Waals surface area contributed by atoms with Crippen LogP contribution in [0.4, 0.5) is 0 Å². The molecule has 0 aliphatic carbocycles. The monoisotopic (exact) mass is 233 g/mol. The molecule has 1 heterocycles. The second-order valence-corrected chi connectivity index (χ2v) is 4.29. The fourth-order valence-corrected chi connectivity index (χ4v) is 2.09. The molecule has 1 aromatic rings. The molecule has 0 amide bonds. The van der Waals surface area contributed by atoms with Crippen LogP contribution >= 0.6 is 11.3 Å². The number of hydrogen-bond donors (Lipinski definition) is 0. The van der Waals surface area contributed by atoms with Gasteiger partial charge >= 0.3 is 0 Å². The van der Waals surface area contributed by atoms with Crippen LogP contribution in [0.1, 0.15) is 45.4 Å². The van der Waals surface area contributed by atoms with Crippen LogP contribution in [-0.4, -0.2) is 0 Å². The Morgan fingerprint density at radius 3 is 2.43 bits per heavy atom. The first-order valence-electron chi connectivity index (χ1n) is 5.34. The topological polar surface area (TPSA) is 3.88 Å². The van der Waals surface area contributed by atoms with Gasteiger partial charge in [0.15, 0.2) is 6.20 Å². The van der Waals surface area contributed by atoms with E-state index in [1.807, 2.05) is 0 Å². The van der Waals surface area contributed by atoms with E-state index in [2.05, 4.69) is 28.6 Å². The lowest BCUT2D eigenvalue weighted by atomic mass is 10.1. The van der Waals surface area contributed by atoms with Crippen LogP contribution in [0.5, 0.6) is 0 Å². The largest absolute Gasteiger partial charge is 1.00 e. The Morgan fingerprint density at radius 2 is 1.79 bits per heavy atom. The molecule has 0 aliphatic heterocycles. The van der Waals surface area contributed by atoms with E-state index in [1.165, 1.54) is 45.1 Å². The first-order valence-corrected chi connectivity index (χ1v) is 6.29. The van der Waals surface area contributed by atoms with E-state index < -0.39 is 0 Å². The summed E-state index contributed by atoms with van der Waals surface area (Å²) in [6.07, 6.45) is 10.5. The van der Waals surface area contributed by atoms with Gasteiger partial charge in [-0.25, -0.2) is 0 Å². The van der Waals surface area contributed by atoms with Crippen LogP contribution < -0.4 is 17.0 Å². The highest BCUT2D eigenvalue weighted by Gasteiger charge is 1.98. The molecule has 0 fully saturated rings. The molecular formula is C11H20ClNS. The van der Waals surface area contributed by atoms with Gasteiger partial charge in [-0.1, -0.05) is 43.9 Å². The average Bonchev–Trinajstić information content (AvgIpc) is 2.63. The molecule has 14 heavy (non-hydrogen) atoms. The fourth-order valence-electron chi connectivity index (χ4n) is 1.46. The van der Waals surface area contributed by atoms with Crippen molar-refractivity contribution in [2.45, 2.75) is 52.0 Å². The highest BCUT2D eigenvalue weighted by Crippen LogP contribution is 2.04. The Kier molecular flexibility index (Phi) is 9.42. The van der Waals surface area contributed by atoms with Gasteiger partial charge in [0, 0.05) is 6.42 Å². The van der Waals surface area contributed by atoms with Crippen molar-refractivity contribution >= 4 is 11.3 Å². The molecule has 1 rings (SSSR count). The number of aryl methyl sites for hydroxylation is 1. The smallest absolute Gasteiger partial charge is 0.224 e. The summed E-state index contributed by atoms with van der Waals surface area (Å²) in [7, 11) is 0. The van der Waals surface area contributed by atoms with Crippen LogP contribution in [0.2, 0.25) is 0 Å². The molecule has 0 spiro atoms. The maximum absolute atomic E-state index is 2.28. The highest BCUT2D eigenvalue weighted by atomic mass is 35.5. The molecule has 0 saturated carbocycles. The highest BCUT2D eigenvalue weighted by molar-refractivity contribution is 7.07. The van der Waals surface area contributed by atoms with Crippen molar-refractivity contribution in [2.75, 3.05) is 0 Å². The van der Waals surface area contributed by atoms with E-state index in [0.29, 0.717) is 0 Å². The summed E-state index contributed by atoms with van der Waals surface area (Å²) < 4.78 is 2.28. The lowest BCUT2D eigenvalue weighted by Crippen LogP contribution is -3.00. The molecule has 3 heteroatoms. The predicted octanol–water partition coefficient (Wildman–Crippen LogP) is 0.400. The Morgan fingerprint density at radius 1 is 1.07 bits per heavy atom. The van der Waals surface area contributed by atoms with E-state index in [1.54, 1.807) is 11.3 Å². The van der Waals surface area contributed by atoms with E-state index in [-0.39, 0.29) is 12.4 Å². The normalized spacial score (nSPS) is 9.79. The Labute approximate surface area is 97.6 Å². The molecule has 0 N–H and O–H groups in total. The number of rotatable bonds is 7. The van der Waals surface area contributed by atoms with E-state index in [9.17, 15) is 0 Å². The van der Waals surface area contributed by atoms with Gasteiger partial charge in [0.05, 0.1) is 5.38 Å². The minimum atomic E-state index is 0. The van der Waals surface area contributed by atoms with Crippen molar-refractivity contribution in [1.82, 2.24) is 0 Å². The number of nitrogens with zero attached hydrogens (tertiary/aromatic N) is 1. The molecule has 0 saturated heterocycles. The number of halogens is 1. The summed E-state index contributed by atoms with van der Waals surface area (Å²) >= 11 is 1.77. The quantitative estimate of drug-likeness (QED) is 0.474. The maximum Gasteiger partial charge on any atom is 0.224 e. The minimum absolute atomic E-state index is 0. The molecule has 0 bridgehead atoms. The molecule has 0 radical (unpaired) electrons. The number of aromatic nitrogens is 1. The van der Waals surface area contributed by atoms with Crippen molar-refractivity contribution in [1.29, 1.82) is 0 Å². The molecule has 1 nitrogen and oxygen atoms in total. The second-order valence-electron chi connectivity index (χ2n) is 3.53.